The standard InChI is InChI=1S/C50H34F3N5.C41H24N6.C31H20N6/c1-30-14-19-38(32(3)24-30)36-17-22-44-41(27-36)42-28-37(39-20-15-31(2)25-43(39)50(51,52)53)18-23-45(42)58(44)46-26-33(29-54)16-21-40(46)49-56-47(34-10-6-4-7-11-34)55-48(57-49)35-12-8-5-9-13-35;1-43-35-18-10-8-16-31(35)30-21-23-37-34(25-30)32-17-9-11-19-36(32)47(37)38-24-27(26-42)20-22-33(38)41-45-39(28-12-4-2-5-13-28)44-40(46-41)29-14-6-3-7-15-29;1-19-34-20(2)36-31(35-19)27-13-11-21(17-32)15-29(27)37-28-10-6-5-9-25(28)26-14-12-22(16-30(26)37)24-8-4-3-7-23(24)18-33/h4-28H,1-3H3;2-25H;3-16H,1-2H3. The van der Waals surface area contributed by atoms with Crippen molar-refractivity contribution in [3.05, 3.63) is 450 Å². The van der Waals surface area contributed by atoms with E-state index in [1.165, 1.54) is 6.07 Å². The van der Waals surface area contributed by atoms with Crippen LogP contribution in [0.5, 0.6) is 0 Å². The van der Waals surface area contributed by atoms with Crippen molar-refractivity contribution in [1.82, 2.24) is 58.6 Å². The van der Waals surface area contributed by atoms with Gasteiger partial charge in [0.1, 0.15) is 11.6 Å². The summed E-state index contributed by atoms with van der Waals surface area (Å²) in [5, 5.41) is 45.6. The molecule has 6 heterocycles. The lowest BCUT2D eigenvalue weighted by molar-refractivity contribution is -0.137. The second-order valence-electron chi connectivity index (χ2n) is 34.5. The molecule has 0 atom stereocenters. The number of rotatable bonds is 14. The third-order valence-electron chi connectivity index (χ3n) is 25.4. The number of para-hydroxylation sites is 3. The fourth-order valence-electron chi connectivity index (χ4n) is 18.9. The number of aromatic nitrogens is 12. The zero-order chi connectivity index (χ0) is 97.4. The summed E-state index contributed by atoms with van der Waals surface area (Å²) in [6, 6.07) is 132. The maximum atomic E-state index is 14.5. The van der Waals surface area contributed by atoms with E-state index in [0.29, 0.717) is 103 Å². The number of benzene rings is 17. The summed E-state index contributed by atoms with van der Waals surface area (Å²) >= 11 is 0. The second kappa shape index (κ2) is 37.6. The Labute approximate surface area is 814 Å². The van der Waals surface area contributed by atoms with E-state index < -0.39 is 11.7 Å². The Morgan fingerprint density at radius 3 is 1.04 bits per heavy atom. The van der Waals surface area contributed by atoms with Gasteiger partial charge < -0.3 is 13.7 Å². The van der Waals surface area contributed by atoms with Gasteiger partial charge in [0, 0.05) is 71.3 Å². The summed E-state index contributed by atoms with van der Waals surface area (Å²) in [7, 11) is 0. The van der Waals surface area contributed by atoms with Gasteiger partial charge in [0.15, 0.2) is 46.5 Å². The summed E-state index contributed by atoms with van der Waals surface area (Å²) in [6.07, 6.45) is -4.55. The van der Waals surface area contributed by atoms with Gasteiger partial charge in [-0.2, -0.15) is 34.2 Å². The van der Waals surface area contributed by atoms with Crippen LogP contribution in [0.2, 0.25) is 0 Å². The molecule has 0 aliphatic rings. The van der Waals surface area contributed by atoms with Crippen LogP contribution in [0.15, 0.2) is 382 Å². The van der Waals surface area contributed by atoms with Crippen LogP contribution in [-0.4, -0.2) is 58.6 Å². The molecule has 0 spiro atoms. The van der Waals surface area contributed by atoms with Gasteiger partial charge in [-0.15, -0.1) is 0 Å². The topological polar surface area (TPSA) is 230 Å². The van der Waals surface area contributed by atoms with E-state index in [2.05, 4.69) is 163 Å². The fraction of sp³-hybridized carbons (Fsp3) is 0.0492. The average Bonchev–Trinajstić information content (AvgIpc) is 1.58. The van der Waals surface area contributed by atoms with Crippen LogP contribution in [0.3, 0.4) is 0 Å². The molecule has 6 aromatic heterocycles. The second-order valence-corrected chi connectivity index (χ2v) is 34.5. The van der Waals surface area contributed by atoms with Crippen molar-refractivity contribution < 1.29 is 13.2 Å². The molecule has 142 heavy (non-hydrogen) atoms. The van der Waals surface area contributed by atoms with Gasteiger partial charge in [-0.05, 0) is 206 Å². The molecule has 20 heteroatoms. The predicted molar refractivity (Wildman–Crippen MR) is 556 cm³/mol. The van der Waals surface area contributed by atoms with E-state index in [4.69, 9.17) is 36.5 Å². The number of hydrogen-bond acceptors (Lipinski definition) is 13. The van der Waals surface area contributed by atoms with E-state index in [0.717, 1.165) is 155 Å². The summed E-state index contributed by atoms with van der Waals surface area (Å²) in [6.45, 7) is 17.2. The molecule has 0 aliphatic heterocycles. The Morgan fingerprint density at radius 2 is 0.592 bits per heavy atom. The summed E-state index contributed by atoms with van der Waals surface area (Å²) in [4.78, 5) is 47.2. The van der Waals surface area contributed by atoms with Crippen molar-refractivity contribution in [2.75, 3.05) is 0 Å². The molecule has 17 aromatic carbocycles. The highest BCUT2D eigenvalue weighted by atomic mass is 19.4. The maximum absolute atomic E-state index is 14.5. The molecule has 672 valence electrons. The van der Waals surface area contributed by atoms with Crippen LogP contribution in [0.25, 0.3) is 212 Å². The number of fused-ring (bicyclic) bond motifs is 9. The molecule has 23 aromatic rings. The minimum atomic E-state index is -4.55. The van der Waals surface area contributed by atoms with Crippen molar-refractivity contribution in [3.63, 3.8) is 0 Å². The molecule has 0 saturated carbocycles. The molecule has 17 nitrogen and oxygen atoms in total. The molecule has 0 aliphatic carbocycles. The highest BCUT2D eigenvalue weighted by molar-refractivity contribution is 6.14. The van der Waals surface area contributed by atoms with Crippen molar-refractivity contribution in [2.24, 2.45) is 0 Å². The summed E-state index contributed by atoms with van der Waals surface area (Å²) < 4.78 is 50.0. The first kappa shape index (κ1) is 89.0. The van der Waals surface area contributed by atoms with E-state index in [9.17, 15) is 34.2 Å². The zero-order valence-electron chi connectivity index (χ0n) is 77.1. The van der Waals surface area contributed by atoms with Gasteiger partial charge in [0.25, 0.3) is 0 Å². The lowest BCUT2D eigenvalue weighted by Crippen LogP contribution is -2.07. The molecular formula is C122H78F3N17. The lowest BCUT2D eigenvalue weighted by Gasteiger charge is -2.16. The predicted octanol–water partition coefficient (Wildman–Crippen LogP) is 29.8. The largest absolute Gasteiger partial charge is 0.417 e. The smallest absolute Gasteiger partial charge is 0.308 e. The Morgan fingerprint density at radius 1 is 0.254 bits per heavy atom. The summed E-state index contributed by atoms with van der Waals surface area (Å²) in [5.74, 6) is 4.84. The van der Waals surface area contributed by atoms with Gasteiger partial charge in [0.2, 0.25) is 0 Å². The van der Waals surface area contributed by atoms with Crippen LogP contribution in [-0.2, 0) is 6.18 Å². The minimum Gasteiger partial charge on any atom is -0.308 e. The third kappa shape index (κ3) is 17.0. The number of alkyl halides is 3. The molecule has 0 bridgehead atoms. The molecule has 0 amide bonds. The van der Waals surface area contributed by atoms with Gasteiger partial charge in [-0.3, -0.25) is 0 Å². The Kier molecular flexibility index (Phi) is 23.5. The molecule has 0 radical (unpaired) electrons. The number of halogens is 3. The van der Waals surface area contributed by atoms with Crippen LogP contribution in [0.4, 0.5) is 18.9 Å². The SMILES string of the molecule is Cc1ccc(-c2ccc3c(c2)c2cc(-c4ccc(C)cc4C(F)(F)F)ccc2n3-c2cc(C#N)ccc2-c2nc(-c3ccccc3)nc(-c3ccccc3)n2)c(C)c1.Cc1nc(C)nc(-c2ccc(C#N)cc2-n2c3ccccc3c3ccc(-c4ccccc4C#N)cc32)n1.[C-]#[N+]c1ccccc1-c1ccc2c(c1)c1ccccc1n2-c1cc(C#N)ccc1-c1nc(-c2ccccc2)nc(-c2ccccc2)n1. The molecule has 0 unspecified atom stereocenters. The molecule has 0 saturated heterocycles. The lowest BCUT2D eigenvalue weighted by atomic mass is 9.95. The first-order valence-corrected chi connectivity index (χ1v) is 45.8. The van der Waals surface area contributed by atoms with Gasteiger partial charge in [-0.1, -0.05) is 272 Å². The third-order valence-corrected chi connectivity index (χ3v) is 25.4. The van der Waals surface area contributed by atoms with Crippen LogP contribution in [0, 0.1) is 86.5 Å². The average molecular weight is 1840 g/mol. The van der Waals surface area contributed by atoms with Gasteiger partial charge >= 0.3 is 6.18 Å². The maximum Gasteiger partial charge on any atom is 0.417 e. The number of hydrogen-bond donors (Lipinski definition) is 0. The van der Waals surface area contributed by atoms with Gasteiger partial charge in [-0.25, -0.2) is 49.7 Å². The monoisotopic (exact) mass is 1840 g/mol. The Hall–Kier alpha value is -19.6. The highest BCUT2D eigenvalue weighted by Gasteiger charge is 2.35. The highest BCUT2D eigenvalue weighted by Crippen LogP contribution is 2.47. The van der Waals surface area contributed by atoms with Gasteiger partial charge in [0.05, 0.1) is 109 Å². The van der Waals surface area contributed by atoms with Crippen molar-refractivity contribution in [1.29, 1.82) is 21.0 Å². The summed E-state index contributed by atoms with van der Waals surface area (Å²) in [5.41, 5.74) is 24.4. The van der Waals surface area contributed by atoms with E-state index in [1.54, 1.807) is 43.3 Å². The van der Waals surface area contributed by atoms with E-state index in [1.807, 2.05) is 263 Å². The first-order valence-electron chi connectivity index (χ1n) is 45.8. The van der Waals surface area contributed by atoms with E-state index in [-0.39, 0.29) is 5.56 Å². The first-order chi connectivity index (χ1) is 69.3. The van der Waals surface area contributed by atoms with Crippen LogP contribution < -0.4 is 0 Å². The quantitative estimate of drug-likeness (QED) is 0.0923. The fourth-order valence-corrected chi connectivity index (χ4v) is 18.9. The normalized spacial score (nSPS) is 11.2. The Bertz CT molecular complexity index is 9100. The molecule has 23 rings (SSSR count). The minimum absolute atomic E-state index is 0.102. The molecular weight excluding hydrogens is 1760 g/mol. The van der Waals surface area contributed by atoms with Crippen molar-refractivity contribution >= 4 is 71.1 Å². The molecule has 0 fully saturated rings. The Balaban J connectivity index is 0.000000129. The van der Waals surface area contributed by atoms with Crippen molar-refractivity contribution in [2.45, 2.75) is 40.8 Å². The van der Waals surface area contributed by atoms with Crippen LogP contribution in [0.1, 0.15) is 56.2 Å². The van der Waals surface area contributed by atoms with E-state index >= 15 is 0 Å². The molecule has 0 N–H and O–H groups in total. The zero-order valence-corrected chi connectivity index (χ0v) is 77.1. The van der Waals surface area contributed by atoms with Crippen LogP contribution >= 0.6 is 0 Å². The number of aryl methyl sites for hydroxylation is 5. The van der Waals surface area contributed by atoms with Crippen molar-refractivity contribution in [3.8, 4) is 166 Å². The number of nitriles is 4. The number of nitrogens with zero attached hydrogens (tertiary/aromatic N) is 17.